The molecule has 4 atom stereocenters. The van der Waals surface area contributed by atoms with Gasteiger partial charge in [-0.05, 0) is 103 Å². The normalized spacial score (nSPS) is 19.9. The number of nitrogens with one attached hydrogen (secondary N) is 1. The van der Waals surface area contributed by atoms with Crippen molar-refractivity contribution in [1.82, 2.24) is 0 Å². The molecule has 49 heavy (non-hydrogen) atoms. The number of phenolic OH excluding ortho intramolecular Hbond substituents is 1. The molecule has 1 aliphatic heterocycles. The number of imide groups is 1. The van der Waals surface area contributed by atoms with Crippen molar-refractivity contribution in [2.45, 2.75) is 38.7 Å². The lowest BCUT2D eigenvalue weighted by Gasteiger charge is -2.36. The highest BCUT2D eigenvalue weighted by molar-refractivity contribution is 6.22. The molecule has 4 aromatic carbocycles. The zero-order valence-electron chi connectivity index (χ0n) is 27.5. The Balaban J connectivity index is 1.26. The topological polar surface area (TPSA) is 119 Å². The number of amides is 2. The third kappa shape index (κ3) is 7.61. The zero-order chi connectivity index (χ0) is 34.3. The van der Waals surface area contributed by atoms with Gasteiger partial charge in [0.1, 0.15) is 18.1 Å². The lowest BCUT2D eigenvalue weighted by Crippen LogP contribution is -2.40. The van der Waals surface area contributed by atoms with Gasteiger partial charge in [-0.2, -0.15) is 0 Å². The molecule has 6 rings (SSSR count). The van der Waals surface area contributed by atoms with Gasteiger partial charge in [-0.3, -0.25) is 14.5 Å². The highest BCUT2D eigenvalue weighted by Gasteiger charge is 2.55. The highest BCUT2D eigenvalue weighted by Crippen LogP contribution is 2.47. The number of benzene rings is 4. The van der Waals surface area contributed by atoms with E-state index in [-0.39, 0.29) is 37.2 Å². The van der Waals surface area contributed by atoms with E-state index in [2.05, 4.69) is 18.3 Å². The van der Waals surface area contributed by atoms with Crippen LogP contribution >= 0.6 is 0 Å². The minimum Gasteiger partial charge on any atom is -0.508 e. The zero-order valence-corrected chi connectivity index (χ0v) is 27.5. The Bertz CT molecular complexity index is 1800. The van der Waals surface area contributed by atoms with Crippen LogP contribution < -0.4 is 15.0 Å². The molecule has 8 nitrogen and oxygen atoms in total. The molecule has 4 N–H and O–H groups in total. The first-order valence-electron chi connectivity index (χ1n) is 16.8. The number of aliphatic hydroxyl groups is 2. The molecule has 0 aromatic heterocycles. The SMILES string of the molecule is CC/C(=C\c1ccc(O)cc1)CC[C@@H](O)C1=C(COc2ccccc2)C[C@H]2C(=O)N(c3ccc(Nc4ccccc4)cc3)C(=O)[C@H]2[C@H]1CO. The Labute approximate surface area is 287 Å². The van der Waals surface area contributed by atoms with E-state index in [1.165, 1.54) is 4.90 Å². The number of allylic oxidation sites excluding steroid dienone is 1. The number of aliphatic hydroxyl groups excluding tert-OH is 2. The van der Waals surface area contributed by atoms with Crippen molar-refractivity contribution in [2.24, 2.45) is 17.8 Å². The molecular weight excluding hydrogens is 616 g/mol. The van der Waals surface area contributed by atoms with Crippen molar-refractivity contribution in [3.8, 4) is 11.5 Å². The van der Waals surface area contributed by atoms with Crippen LogP contribution in [0.4, 0.5) is 17.1 Å². The summed E-state index contributed by atoms with van der Waals surface area (Å²) < 4.78 is 6.14. The molecule has 0 saturated carbocycles. The monoisotopic (exact) mass is 658 g/mol. The molecule has 1 saturated heterocycles. The fourth-order valence-corrected chi connectivity index (χ4v) is 7.05. The number of phenols is 1. The number of carbonyl (C=O) groups excluding carboxylic acids is 2. The fraction of sp³-hybridized carbons (Fsp3) is 0.268. The molecule has 0 unspecified atom stereocenters. The third-order valence-corrected chi connectivity index (χ3v) is 9.54. The van der Waals surface area contributed by atoms with Gasteiger partial charge in [-0.1, -0.05) is 67.1 Å². The van der Waals surface area contributed by atoms with E-state index in [4.69, 9.17) is 4.74 Å². The highest BCUT2D eigenvalue weighted by atomic mass is 16.5. The van der Waals surface area contributed by atoms with Gasteiger partial charge in [-0.25, -0.2) is 0 Å². The first kappa shape index (κ1) is 33.7. The predicted molar refractivity (Wildman–Crippen MR) is 191 cm³/mol. The first-order chi connectivity index (χ1) is 23.9. The Morgan fingerprint density at radius 3 is 2.20 bits per heavy atom. The second-order valence-corrected chi connectivity index (χ2v) is 12.6. The summed E-state index contributed by atoms with van der Waals surface area (Å²) in [5, 5.41) is 35.6. The van der Waals surface area contributed by atoms with Gasteiger partial charge < -0.3 is 25.4 Å². The van der Waals surface area contributed by atoms with Crippen LogP contribution in [0.3, 0.4) is 0 Å². The minimum absolute atomic E-state index is 0.126. The maximum absolute atomic E-state index is 14.1. The van der Waals surface area contributed by atoms with Crippen LogP contribution in [0, 0.1) is 17.8 Å². The van der Waals surface area contributed by atoms with Gasteiger partial charge in [0.15, 0.2) is 0 Å². The van der Waals surface area contributed by atoms with Crippen molar-refractivity contribution in [2.75, 3.05) is 23.4 Å². The number of fused-ring (bicyclic) bond motifs is 1. The maximum Gasteiger partial charge on any atom is 0.238 e. The van der Waals surface area contributed by atoms with Gasteiger partial charge in [-0.15, -0.1) is 0 Å². The van der Waals surface area contributed by atoms with Crippen LogP contribution in [0.1, 0.15) is 38.2 Å². The molecule has 252 valence electrons. The van der Waals surface area contributed by atoms with Gasteiger partial charge in [0.05, 0.1) is 30.2 Å². The molecule has 0 bridgehead atoms. The lowest BCUT2D eigenvalue weighted by molar-refractivity contribution is -0.123. The van der Waals surface area contributed by atoms with Crippen molar-refractivity contribution in [3.63, 3.8) is 0 Å². The second kappa shape index (κ2) is 15.4. The first-order valence-corrected chi connectivity index (χ1v) is 16.8. The molecule has 2 amide bonds. The molecule has 1 fully saturated rings. The van der Waals surface area contributed by atoms with E-state index < -0.39 is 23.9 Å². The fourth-order valence-electron chi connectivity index (χ4n) is 7.05. The number of para-hydroxylation sites is 2. The molecular formula is C41H42N2O6. The molecule has 1 heterocycles. The Morgan fingerprint density at radius 2 is 1.55 bits per heavy atom. The van der Waals surface area contributed by atoms with Gasteiger partial charge in [0.25, 0.3) is 0 Å². The van der Waals surface area contributed by atoms with E-state index in [9.17, 15) is 24.9 Å². The molecule has 1 aliphatic carbocycles. The average molecular weight is 659 g/mol. The van der Waals surface area contributed by atoms with Crippen LogP contribution in [0.2, 0.25) is 0 Å². The van der Waals surface area contributed by atoms with Crippen LogP contribution in [0.25, 0.3) is 6.08 Å². The van der Waals surface area contributed by atoms with Gasteiger partial charge in [0.2, 0.25) is 11.8 Å². The summed E-state index contributed by atoms with van der Waals surface area (Å²) in [4.78, 5) is 29.3. The van der Waals surface area contributed by atoms with Crippen LogP contribution in [0.5, 0.6) is 11.5 Å². The largest absolute Gasteiger partial charge is 0.508 e. The smallest absolute Gasteiger partial charge is 0.238 e. The van der Waals surface area contributed by atoms with Crippen LogP contribution in [0.15, 0.2) is 126 Å². The average Bonchev–Trinajstić information content (AvgIpc) is 3.38. The Hall–Kier alpha value is -5.18. The number of anilines is 3. The molecule has 4 aromatic rings. The summed E-state index contributed by atoms with van der Waals surface area (Å²) in [6.07, 6.45) is 3.08. The van der Waals surface area contributed by atoms with E-state index in [0.717, 1.165) is 34.5 Å². The Morgan fingerprint density at radius 1 is 0.898 bits per heavy atom. The van der Waals surface area contributed by atoms with E-state index >= 15 is 0 Å². The van der Waals surface area contributed by atoms with E-state index in [1.54, 1.807) is 24.3 Å². The number of aromatic hydroxyl groups is 1. The second-order valence-electron chi connectivity index (χ2n) is 12.6. The lowest BCUT2D eigenvalue weighted by atomic mass is 9.68. The minimum atomic E-state index is -0.956. The van der Waals surface area contributed by atoms with Crippen molar-refractivity contribution in [1.29, 1.82) is 0 Å². The van der Waals surface area contributed by atoms with Crippen molar-refractivity contribution in [3.05, 3.63) is 131 Å². The molecule has 0 spiro atoms. The number of carbonyl (C=O) groups is 2. The number of hydrogen-bond donors (Lipinski definition) is 4. The number of rotatable bonds is 13. The predicted octanol–water partition coefficient (Wildman–Crippen LogP) is 7.26. The summed E-state index contributed by atoms with van der Waals surface area (Å²) in [6.45, 7) is 1.79. The number of nitrogens with zero attached hydrogens (tertiary/aromatic N) is 1. The number of ether oxygens (including phenoxy) is 1. The van der Waals surface area contributed by atoms with Crippen molar-refractivity contribution >= 4 is 35.0 Å². The van der Waals surface area contributed by atoms with Crippen LogP contribution in [-0.2, 0) is 9.59 Å². The van der Waals surface area contributed by atoms with E-state index in [1.807, 2.05) is 84.9 Å². The molecule has 2 aliphatic rings. The number of hydrogen-bond acceptors (Lipinski definition) is 7. The standard InChI is InChI=1S/C41H42N2O6/c1-2-27(23-28-13-20-33(45)21-14-28)15-22-37(46)38-29(26-49-34-11-7-4-8-12-34)24-35-39(36(38)25-44)41(48)43(40(35)47)32-18-16-31(17-19-32)42-30-9-5-3-6-10-30/h3-14,16-21,23,35-37,39,42,44-46H,2,15,22,24-26H2,1H3/b27-23+/t35-,36+,37-,39-/m1/s1. The van der Waals surface area contributed by atoms with Gasteiger partial charge in [0, 0.05) is 17.3 Å². The van der Waals surface area contributed by atoms with E-state index in [0.29, 0.717) is 29.9 Å². The quantitative estimate of drug-likeness (QED) is 0.0882. The third-order valence-electron chi connectivity index (χ3n) is 9.54. The summed E-state index contributed by atoms with van der Waals surface area (Å²) in [7, 11) is 0. The summed E-state index contributed by atoms with van der Waals surface area (Å²) in [5.41, 5.74) is 5.60. The molecule has 0 radical (unpaired) electrons. The van der Waals surface area contributed by atoms with Crippen LogP contribution in [-0.4, -0.2) is 46.5 Å². The summed E-state index contributed by atoms with van der Waals surface area (Å²) in [5.74, 6) is -2.06. The van der Waals surface area contributed by atoms with Crippen molar-refractivity contribution < 1.29 is 29.6 Å². The summed E-state index contributed by atoms with van der Waals surface area (Å²) in [6, 6.07) is 33.2. The summed E-state index contributed by atoms with van der Waals surface area (Å²) >= 11 is 0. The Kier molecular flexibility index (Phi) is 10.6. The maximum atomic E-state index is 14.1. The molecule has 8 heteroatoms. The van der Waals surface area contributed by atoms with Gasteiger partial charge >= 0.3 is 0 Å².